The number of methoxy groups -OCH3 is 1. The molecule has 2 fully saturated rings. The third-order valence-electron chi connectivity index (χ3n) is 8.94. The molecule has 0 bridgehead atoms. The van der Waals surface area contributed by atoms with E-state index in [4.69, 9.17) is 34.7 Å². The predicted octanol–water partition coefficient (Wildman–Crippen LogP) is -2.19. The molecule has 2 aliphatic rings. The Morgan fingerprint density at radius 1 is 1.07 bits per heavy atom. The Kier molecular flexibility index (Phi) is 11.6. The Hall–Kier alpha value is -4.61. The van der Waals surface area contributed by atoms with Crippen LogP contribution in [0.3, 0.4) is 0 Å². The molecular weight excluding hydrogens is 735 g/mol. The van der Waals surface area contributed by atoms with Crippen LogP contribution in [0.5, 0.6) is 5.75 Å². The smallest absolute Gasteiger partial charge is 0.472 e. The molecule has 54 heavy (non-hydrogen) atoms. The number of nitrogen functional groups attached to an aromatic ring is 1. The topological polar surface area (TPSA) is 307 Å². The van der Waals surface area contributed by atoms with Gasteiger partial charge in [0.05, 0.1) is 38.7 Å². The van der Waals surface area contributed by atoms with Crippen molar-refractivity contribution in [3.05, 3.63) is 65.2 Å². The molecule has 1 amide bonds. The van der Waals surface area contributed by atoms with Gasteiger partial charge in [-0.25, -0.2) is 24.3 Å². The van der Waals surface area contributed by atoms with Crippen LogP contribution in [0.2, 0.25) is 0 Å². The number of anilines is 2. The van der Waals surface area contributed by atoms with Gasteiger partial charge in [0.2, 0.25) is 5.91 Å². The van der Waals surface area contributed by atoms with Crippen LogP contribution in [-0.2, 0) is 34.3 Å². The Balaban J connectivity index is 1.21. The number of amides is 1. The zero-order valence-electron chi connectivity index (χ0n) is 29.2. The predicted molar refractivity (Wildman–Crippen MR) is 187 cm³/mol. The second-order valence-electron chi connectivity index (χ2n) is 12.8. The molecule has 0 spiro atoms. The summed E-state index contributed by atoms with van der Waals surface area (Å²) in [5, 5.41) is 35.2. The molecule has 3 aromatic heterocycles. The summed E-state index contributed by atoms with van der Waals surface area (Å²) in [5.74, 6) is 0.341. The van der Waals surface area contributed by atoms with Gasteiger partial charge in [0.1, 0.15) is 48.4 Å². The van der Waals surface area contributed by atoms with Gasteiger partial charge in [-0.15, -0.1) is 0 Å². The van der Waals surface area contributed by atoms with Gasteiger partial charge in [-0.05, 0) is 30.2 Å². The molecule has 1 unspecified atom stereocenters. The Labute approximate surface area is 306 Å². The first-order valence-corrected chi connectivity index (χ1v) is 18.0. The maximum Gasteiger partial charge on any atom is 0.472 e. The van der Waals surface area contributed by atoms with E-state index in [1.165, 1.54) is 36.6 Å². The number of nitrogens with two attached hydrogens (primary N) is 2. The number of fused-ring (bicyclic) bond motifs is 1. The lowest BCUT2D eigenvalue weighted by Crippen LogP contribution is -2.53. The average molecular weight is 777 g/mol. The molecule has 22 nitrogen and oxygen atoms in total. The Morgan fingerprint density at radius 2 is 1.78 bits per heavy atom. The monoisotopic (exact) mass is 776 g/mol. The summed E-state index contributed by atoms with van der Waals surface area (Å²) in [5.41, 5.74) is 12.3. The number of aromatic nitrogens is 6. The number of aliphatic hydroxyl groups is 3. The van der Waals surface area contributed by atoms with Gasteiger partial charge in [-0.3, -0.25) is 23.0 Å². The zero-order chi connectivity index (χ0) is 38.9. The summed E-state index contributed by atoms with van der Waals surface area (Å²) < 4.78 is 43.1. The molecule has 0 saturated carbocycles. The highest BCUT2D eigenvalue weighted by Gasteiger charge is 2.51. The molecule has 2 saturated heterocycles. The molecule has 0 aliphatic carbocycles. The molecule has 4 aromatic rings. The number of rotatable bonds is 14. The summed E-state index contributed by atoms with van der Waals surface area (Å²) in [4.78, 5) is 54.8. The minimum absolute atomic E-state index is 0.0912. The van der Waals surface area contributed by atoms with Crippen molar-refractivity contribution in [3.63, 3.8) is 0 Å². The molecule has 23 heteroatoms. The van der Waals surface area contributed by atoms with Crippen LogP contribution in [-0.4, -0.2) is 132 Å². The molecule has 292 valence electrons. The van der Waals surface area contributed by atoms with Crippen LogP contribution in [0, 0.1) is 0 Å². The SMILES string of the molecule is COc1ccc(C[C@H](N)C(=O)N[C@H]2[C@@H](O)[C@H](n3cnc4c(N(C)C)ncnc43)O[C@@H]2COP(=O)(O)O[C@H]2[C@@H](O)[C@H](n3ccc(N)nc3=O)O[C@@H]2CO)cc1. The number of benzene rings is 1. The molecule has 1 aromatic carbocycles. The lowest BCUT2D eigenvalue weighted by atomic mass is 10.0. The van der Waals surface area contributed by atoms with E-state index in [-0.39, 0.29) is 17.9 Å². The number of carbonyl (C=O) groups is 1. The van der Waals surface area contributed by atoms with E-state index in [0.717, 1.165) is 10.1 Å². The molecule has 9 N–H and O–H groups in total. The third-order valence-corrected chi connectivity index (χ3v) is 9.93. The molecule has 6 rings (SSSR count). The number of nitrogens with one attached hydrogen (secondary N) is 1. The van der Waals surface area contributed by atoms with Gasteiger partial charge in [-0.1, -0.05) is 12.1 Å². The standard InChI is InChI=1S/C31H41N10O12P/c1-39(2)26-22-27(35-13-34-26)41(14-36-22)29-23(43)21(38-28(45)17(32)10-15-4-6-16(49-3)7-5-15)19(52-29)12-50-54(47,48)53-25-18(11-42)51-30(24(25)44)40-9-8-20(33)37-31(40)46/h4-9,13-14,17-19,21,23-25,29-30,42-44H,10-12,32H2,1-3H3,(H,38,45)(H,47,48)(H2,33,37,46)/t17-,18+,19+,21+,23+,24+,25+,29+,30+/m0/s1. The van der Waals surface area contributed by atoms with Gasteiger partial charge >= 0.3 is 13.5 Å². The van der Waals surface area contributed by atoms with Gasteiger partial charge in [0, 0.05) is 20.3 Å². The van der Waals surface area contributed by atoms with Crippen molar-refractivity contribution in [2.24, 2.45) is 5.73 Å². The van der Waals surface area contributed by atoms with E-state index < -0.39 is 87.7 Å². The average Bonchev–Trinajstić information content (AvgIpc) is 3.80. The lowest BCUT2D eigenvalue weighted by molar-refractivity contribution is -0.124. The quantitative estimate of drug-likeness (QED) is 0.0669. The first-order chi connectivity index (χ1) is 25.7. The molecular formula is C31H41N10O12P. The zero-order valence-corrected chi connectivity index (χ0v) is 30.1. The fraction of sp³-hybridized carbons (Fsp3) is 0.484. The number of imidazole rings is 1. The van der Waals surface area contributed by atoms with Crippen molar-refractivity contribution in [2.75, 3.05) is 45.1 Å². The maximum atomic E-state index is 13.4. The van der Waals surface area contributed by atoms with Crippen LogP contribution in [0.4, 0.5) is 11.6 Å². The second kappa shape index (κ2) is 16.0. The van der Waals surface area contributed by atoms with Gasteiger partial charge in [-0.2, -0.15) is 4.98 Å². The first kappa shape index (κ1) is 39.1. The summed E-state index contributed by atoms with van der Waals surface area (Å²) in [6.45, 7) is -1.53. The molecule has 0 radical (unpaired) electrons. The van der Waals surface area contributed by atoms with E-state index in [1.54, 1.807) is 43.3 Å². The largest absolute Gasteiger partial charge is 0.497 e. The van der Waals surface area contributed by atoms with Crippen LogP contribution in [0.25, 0.3) is 11.2 Å². The van der Waals surface area contributed by atoms with Crippen molar-refractivity contribution in [1.29, 1.82) is 0 Å². The van der Waals surface area contributed by atoms with Crippen molar-refractivity contribution < 1.29 is 52.8 Å². The van der Waals surface area contributed by atoms with E-state index >= 15 is 0 Å². The summed E-state index contributed by atoms with van der Waals surface area (Å²) in [6, 6.07) is 5.86. The Bertz CT molecular complexity index is 2050. The number of nitrogens with zero attached hydrogens (tertiary/aromatic N) is 7. The molecule has 10 atom stereocenters. The van der Waals surface area contributed by atoms with Crippen LogP contribution in [0.15, 0.2) is 54.0 Å². The molecule has 2 aliphatic heterocycles. The van der Waals surface area contributed by atoms with Crippen molar-refractivity contribution in [1.82, 2.24) is 34.4 Å². The van der Waals surface area contributed by atoms with Gasteiger partial charge in [0.25, 0.3) is 0 Å². The van der Waals surface area contributed by atoms with Crippen molar-refractivity contribution >= 4 is 36.5 Å². The van der Waals surface area contributed by atoms with Gasteiger partial charge < -0.3 is 56.1 Å². The number of aliphatic hydroxyl groups excluding tert-OH is 3. The van der Waals surface area contributed by atoms with Crippen LogP contribution < -0.4 is 32.1 Å². The summed E-state index contributed by atoms with van der Waals surface area (Å²) in [6.07, 6.45) is -6.33. The lowest BCUT2D eigenvalue weighted by Gasteiger charge is -2.25. The Morgan fingerprint density at radius 3 is 2.44 bits per heavy atom. The molecule has 5 heterocycles. The minimum atomic E-state index is -5.14. The maximum absolute atomic E-state index is 13.4. The number of hydrogen-bond acceptors (Lipinski definition) is 18. The summed E-state index contributed by atoms with van der Waals surface area (Å²) >= 11 is 0. The van der Waals surface area contributed by atoms with E-state index in [9.17, 15) is 34.4 Å². The number of ether oxygens (including phenoxy) is 3. The second-order valence-corrected chi connectivity index (χ2v) is 14.2. The highest BCUT2D eigenvalue weighted by Crippen LogP contribution is 2.49. The fourth-order valence-corrected chi connectivity index (χ4v) is 7.19. The number of hydrogen-bond donors (Lipinski definition) is 7. The first-order valence-electron chi connectivity index (χ1n) is 16.5. The highest BCUT2D eigenvalue weighted by molar-refractivity contribution is 7.47. The van der Waals surface area contributed by atoms with E-state index in [2.05, 4.69) is 25.3 Å². The fourth-order valence-electron chi connectivity index (χ4n) is 6.22. The van der Waals surface area contributed by atoms with E-state index in [0.29, 0.717) is 17.1 Å². The van der Waals surface area contributed by atoms with Crippen molar-refractivity contribution in [3.8, 4) is 5.75 Å². The normalized spacial score (nSPS) is 27.1. The van der Waals surface area contributed by atoms with Crippen molar-refractivity contribution in [2.45, 2.75) is 61.5 Å². The summed E-state index contributed by atoms with van der Waals surface area (Å²) in [7, 11) is -0.0849. The number of phosphoric acid groups is 1. The highest BCUT2D eigenvalue weighted by atomic mass is 31.2. The van der Waals surface area contributed by atoms with Crippen LogP contribution >= 0.6 is 7.82 Å². The van der Waals surface area contributed by atoms with E-state index in [1.807, 2.05) is 0 Å². The third kappa shape index (κ3) is 8.07. The van der Waals surface area contributed by atoms with Crippen LogP contribution in [0.1, 0.15) is 18.0 Å². The van der Waals surface area contributed by atoms with Gasteiger partial charge in [0.15, 0.2) is 29.4 Å². The minimum Gasteiger partial charge on any atom is -0.497 e. The number of carbonyl (C=O) groups excluding carboxylic acids is 1. The number of phosphoric ester groups is 1.